The lowest BCUT2D eigenvalue weighted by atomic mass is 10.2. The van der Waals surface area contributed by atoms with E-state index in [9.17, 15) is 0 Å². The molecular weight excluding hydrogens is 132 g/mol. The smallest absolute Gasteiger partial charge is 0.103 e. The van der Waals surface area contributed by atoms with Crippen LogP contribution in [0, 0.1) is 0 Å². The Morgan fingerprint density at radius 3 is 2.89 bits per heavy atom. The fraction of sp³-hybridized carbons (Fsp3) is 0.333. The van der Waals surface area contributed by atoms with Gasteiger partial charge in [0.25, 0.3) is 0 Å². The van der Waals surface area contributed by atoms with Gasteiger partial charge in [0.2, 0.25) is 0 Å². The zero-order chi connectivity index (χ0) is 6.69. The zero-order valence-electron chi connectivity index (χ0n) is 4.95. The molecule has 1 atom stereocenters. The Morgan fingerprint density at radius 1 is 1.78 bits per heavy atom. The van der Waals surface area contributed by atoms with Gasteiger partial charge in [-0.05, 0) is 12.5 Å². The highest BCUT2D eigenvalue weighted by Crippen LogP contribution is 2.02. The van der Waals surface area contributed by atoms with Crippen molar-refractivity contribution in [2.75, 3.05) is 0 Å². The predicted octanol–water partition coefficient (Wildman–Crippen LogP) is 0.672. The summed E-state index contributed by atoms with van der Waals surface area (Å²) in [6, 6.07) is 0.0463. The van der Waals surface area contributed by atoms with Crippen molar-refractivity contribution >= 4 is 23.4 Å². The first-order valence-corrected chi connectivity index (χ1v) is 3.19. The molecule has 1 heterocycles. The van der Waals surface area contributed by atoms with Gasteiger partial charge in [0.1, 0.15) is 6.04 Å². The molecule has 0 bridgehead atoms. The van der Waals surface area contributed by atoms with Gasteiger partial charge in [-0.15, -0.1) is 0 Å². The Bertz CT molecular complexity index is 172. The lowest BCUT2D eigenvalue weighted by Gasteiger charge is -2.08. The highest BCUT2D eigenvalue weighted by atomic mass is 32.1. The molecule has 0 aliphatic carbocycles. The third kappa shape index (κ3) is 1.61. The molecule has 0 radical (unpaired) electrons. The Labute approximate surface area is 59.5 Å². The van der Waals surface area contributed by atoms with E-state index in [1.165, 1.54) is 0 Å². The van der Waals surface area contributed by atoms with Gasteiger partial charge in [0, 0.05) is 6.21 Å². The number of allylic oxidation sites excluding steroid dienone is 1. The summed E-state index contributed by atoms with van der Waals surface area (Å²) in [6.45, 7) is 0. The van der Waals surface area contributed by atoms with Crippen molar-refractivity contribution < 1.29 is 0 Å². The molecule has 0 spiro atoms. The Morgan fingerprint density at radius 2 is 2.56 bits per heavy atom. The SMILES string of the molecule is NC(=S)C1CC=CC=N1. The van der Waals surface area contributed by atoms with Crippen LogP contribution < -0.4 is 5.73 Å². The number of thiocarbonyl (C=S) groups is 1. The van der Waals surface area contributed by atoms with Crippen molar-refractivity contribution in [3.63, 3.8) is 0 Å². The summed E-state index contributed by atoms with van der Waals surface area (Å²) in [6.07, 6.45) is 6.49. The standard InChI is InChI=1S/C6H8N2S/c7-6(9)5-3-1-2-4-8-5/h1-2,4-5H,3H2,(H2,7,9). The molecule has 0 aromatic heterocycles. The van der Waals surface area contributed by atoms with Gasteiger partial charge in [-0.1, -0.05) is 18.3 Å². The lowest BCUT2D eigenvalue weighted by Crippen LogP contribution is -2.25. The van der Waals surface area contributed by atoms with Crippen molar-refractivity contribution in [1.29, 1.82) is 0 Å². The Kier molecular flexibility index (Phi) is 1.95. The van der Waals surface area contributed by atoms with Crippen LogP contribution in [0.25, 0.3) is 0 Å². The molecule has 1 aliphatic rings. The molecular formula is C6H8N2S. The fourth-order valence-electron chi connectivity index (χ4n) is 0.672. The van der Waals surface area contributed by atoms with Gasteiger partial charge in [0.15, 0.2) is 0 Å². The number of hydrogen-bond acceptors (Lipinski definition) is 2. The summed E-state index contributed by atoms with van der Waals surface area (Å²) < 4.78 is 0. The quantitative estimate of drug-likeness (QED) is 0.544. The molecule has 0 aromatic carbocycles. The first kappa shape index (κ1) is 6.42. The average Bonchev–Trinajstić information content (AvgIpc) is 1.90. The first-order valence-electron chi connectivity index (χ1n) is 2.78. The molecule has 0 saturated carbocycles. The van der Waals surface area contributed by atoms with Crippen LogP contribution in [0.5, 0.6) is 0 Å². The summed E-state index contributed by atoms with van der Waals surface area (Å²) in [7, 11) is 0. The van der Waals surface area contributed by atoms with Gasteiger partial charge in [-0.2, -0.15) is 0 Å². The maximum atomic E-state index is 5.35. The molecule has 2 N–H and O–H groups in total. The minimum Gasteiger partial charge on any atom is -0.392 e. The van der Waals surface area contributed by atoms with E-state index in [-0.39, 0.29) is 6.04 Å². The van der Waals surface area contributed by atoms with E-state index < -0.39 is 0 Å². The highest BCUT2D eigenvalue weighted by molar-refractivity contribution is 7.80. The maximum absolute atomic E-state index is 5.35. The Hall–Kier alpha value is -0.700. The minimum absolute atomic E-state index is 0.0463. The van der Waals surface area contributed by atoms with Gasteiger partial charge in [-0.25, -0.2) is 0 Å². The molecule has 48 valence electrons. The largest absolute Gasteiger partial charge is 0.392 e. The van der Waals surface area contributed by atoms with Crippen LogP contribution in [-0.2, 0) is 0 Å². The number of hydrogen-bond donors (Lipinski definition) is 1. The van der Waals surface area contributed by atoms with Crippen molar-refractivity contribution in [2.24, 2.45) is 10.7 Å². The van der Waals surface area contributed by atoms with E-state index in [0.29, 0.717) is 4.99 Å². The Balaban J connectivity index is 2.56. The average molecular weight is 140 g/mol. The van der Waals surface area contributed by atoms with Gasteiger partial charge < -0.3 is 5.73 Å². The summed E-state index contributed by atoms with van der Waals surface area (Å²) in [4.78, 5) is 4.53. The fourth-order valence-corrected chi connectivity index (χ4v) is 0.829. The summed E-state index contributed by atoms with van der Waals surface area (Å²) in [5.41, 5.74) is 5.35. The molecule has 0 saturated heterocycles. The number of rotatable bonds is 1. The van der Waals surface area contributed by atoms with Crippen LogP contribution in [0.3, 0.4) is 0 Å². The zero-order valence-corrected chi connectivity index (χ0v) is 5.77. The van der Waals surface area contributed by atoms with E-state index in [4.69, 9.17) is 18.0 Å². The van der Waals surface area contributed by atoms with Crippen molar-refractivity contribution in [3.05, 3.63) is 12.2 Å². The van der Waals surface area contributed by atoms with Crippen LogP contribution in [0.15, 0.2) is 17.1 Å². The molecule has 0 aromatic rings. The van der Waals surface area contributed by atoms with Crippen LogP contribution >= 0.6 is 12.2 Å². The normalized spacial score (nSPS) is 24.2. The van der Waals surface area contributed by atoms with E-state index in [1.807, 2.05) is 12.2 Å². The molecule has 1 rings (SSSR count). The van der Waals surface area contributed by atoms with Crippen LogP contribution in [0.1, 0.15) is 6.42 Å². The maximum Gasteiger partial charge on any atom is 0.103 e. The number of dihydropyridines is 1. The predicted molar refractivity (Wildman–Crippen MR) is 42.8 cm³/mol. The van der Waals surface area contributed by atoms with Crippen LogP contribution in [0.4, 0.5) is 0 Å². The van der Waals surface area contributed by atoms with Crippen LogP contribution in [0.2, 0.25) is 0 Å². The number of nitrogens with zero attached hydrogens (tertiary/aromatic N) is 1. The summed E-state index contributed by atoms with van der Waals surface area (Å²) in [5, 5.41) is 0. The second kappa shape index (κ2) is 2.73. The van der Waals surface area contributed by atoms with E-state index in [1.54, 1.807) is 6.21 Å². The highest BCUT2D eigenvalue weighted by Gasteiger charge is 2.07. The topological polar surface area (TPSA) is 38.4 Å². The van der Waals surface area contributed by atoms with Crippen molar-refractivity contribution in [3.8, 4) is 0 Å². The van der Waals surface area contributed by atoms with E-state index in [2.05, 4.69) is 4.99 Å². The second-order valence-corrected chi connectivity index (χ2v) is 2.35. The van der Waals surface area contributed by atoms with Gasteiger partial charge in [-0.3, -0.25) is 4.99 Å². The lowest BCUT2D eigenvalue weighted by molar-refractivity contribution is 0.878. The minimum atomic E-state index is 0.0463. The molecule has 0 amide bonds. The molecule has 1 unspecified atom stereocenters. The third-order valence-corrected chi connectivity index (χ3v) is 1.45. The first-order chi connectivity index (χ1) is 4.30. The summed E-state index contributed by atoms with van der Waals surface area (Å²) >= 11 is 4.75. The number of nitrogens with two attached hydrogens (primary N) is 1. The third-order valence-electron chi connectivity index (χ3n) is 1.18. The van der Waals surface area contributed by atoms with Crippen molar-refractivity contribution in [1.82, 2.24) is 0 Å². The van der Waals surface area contributed by atoms with Crippen LogP contribution in [-0.4, -0.2) is 17.2 Å². The molecule has 2 nitrogen and oxygen atoms in total. The molecule has 1 aliphatic heterocycles. The molecule has 0 fully saturated rings. The monoisotopic (exact) mass is 140 g/mol. The van der Waals surface area contributed by atoms with E-state index in [0.717, 1.165) is 6.42 Å². The van der Waals surface area contributed by atoms with Crippen molar-refractivity contribution in [2.45, 2.75) is 12.5 Å². The summed E-state index contributed by atoms with van der Waals surface area (Å²) in [5.74, 6) is 0. The molecule has 3 heteroatoms. The number of aliphatic imine (C=N–C) groups is 1. The molecule has 9 heavy (non-hydrogen) atoms. The second-order valence-electron chi connectivity index (χ2n) is 1.88. The van der Waals surface area contributed by atoms with E-state index >= 15 is 0 Å². The van der Waals surface area contributed by atoms with Gasteiger partial charge in [0.05, 0.1) is 4.99 Å². The van der Waals surface area contributed by atoms with Gasteiger partial charge >= 0.3 is 0 Å².